The van der Waals surface area contributed by atoms with Crippen molar-refractivity contribution in [3.63, 3.8) is 0 Å². The summed E-state index contributed by atoms with van der Waals surface area (Å²) >= 11 is 0. The first-order valence-electron chi connectivity index (χ1n) is 6.35. The molecule has 1 fully saturated rings. The highest BCUT2D eigenvalue weighted by Gasteiger charge is 2.41. The van der Waals surface area contributed by atoms with E-state index in [2.05, 4.69) is 5.32 Å². The zero-order chi connectivity index (χ0) is 14.2. The maximum Gasteiger partial charge on any atom is 0.230 e. The fraction of sp³-hybridized carbons (Fsp3) is 0.500. The molecule has 0 aliphatic carbocycles. The summed E-state index contributed by atoms with van der Waals surface area (Å²) in [5.74, 6) is -1.52. The van der Waals surface area contributed by atoms with E-state index in [-0.39, 0.29) is 30.0 Å². The molecular formula is C14H18FNO3. The summed E-state index contributed by atoms with van der Waals surface area (Å²) in [4.78, 5) is 12.2. The second-order valence-electron chi connectivity index (χ2n) is 5.09. The molecule has 4 nitrogen and oxygen atoms in total. The first-order chi connectivity index (χ1) is 8.90. The van der Waals surface area contributed by atoms with Crippen molar-refractivity contribution in [3.8, 4) is 5.75 Å². The van der Waals surface area contributed by atoms with Gasteiger partial charge in [-0.15, -0.1) is 0 Å². The monoisotopic (exact) mass is 267 g/mol. The van der Waals surface area contributed by atoms with Gasteiger partial charge in [-0.25, -0.2) is 4.39 Å². The van der Waals surface area contributed by atoms with Crippen LogP contribution < -0.4 is 5.32 Å². The molecule has 0 spiro atoms. The maximum absolute atomic E-state index is 13.2. The molecule has 0 radical (unpaired) electrons. The van der Waals surface area contributed by atoms with E-state index in [0.29, 0.717) is 5.69 Å². The van der Waals surface area contributed by atoms with Gasteiger partial charge in [0.2, 0.25) is 5.91 Å². The molecule has 4 atom stereocenters. The largest absolute Gasteiger partial charge is 0.505 e. The number of halogens is 1. The fourth-order valence-electron chi connectivity index (χ4n) is 2.53. The Hall–Kier alpha value is -1.62. The highest BCUT2D eigenvalue weighted by Crippen LogP contribution is 2.33. The number of nitrogens with one attached hydrogen (secondary N) is 1. The average molecular weight is 267 g/mol. The van der Waals surface area contributed by atoms with Crippen LogP contribution in [0.2, 0.25) is 0 Å². The molecule has 0 bridgehead atoms. The normalized spacial score (nSPS) is 30.3. The molecule has 2 N–H and O–H groups in total. The molecule has 1 aliphatic rings. The minimum Gasteiger partial charge on any atom is -0.505 e. The van der Waals surface area contributed by atoms with Crippen molar-refractivity contribution in [1.29, 1.82) is 0 Å². The van der Waals surface area contributed by atoms with Crippen molar-refractivity contribution < 1.29 is 19.0 Å². The molecule has 1 aliphatic heterocycles. The van der Waals surface area contributed by atoms with E-state index in [1.807, 2.05) is 20.8 Å². The van der Waals surface area contributed by atoms with Crippen LogP contribution >= 0.6 is 0 Å². The van der Waals surface area contributed by atoms with Crippen molar-refractivity contribution >= 4 is 11.6 Å². The number of amides is 1. The molecule has 2 rings (SSSR count). The quantitative estimate of drug-likeness (QED) is 0.809. The predicted molar refractivity (Wildman–Crippen MR) is 69.4 cm³/mol. The lowest BCUT2D eigenvalue weighted by atomic mass is 9.89. The highest BCUT2D eigenvalue weighted by atomic mass is 19.1. The summed E-state index contributed by atoms with van der Waals surface area (Å²) in [6, 6.07) is 3.78. The number of ether oxygens (including phenoxy) is 1. The van der Waals surface area contributed by atoms with E-state index in [1.165, 1.54) is 12.1 Å². The van der Waals surface area contributed by atoms with E-state index < -0.39 is 11.6 Å². The van der Waals surface area contributed by atoms with Crippen LogP contribution in [0.25, 0.3) is 0 Å². The molecule has 1 saturated heterocycles. The van der Waals surface area contributed by atoms with E-state index in [4.69, 9.17) is 9.84 Å². The lowest BCUT2D eigenvalue weighted by Crippen LogP contribution is -2.31. The molecule has 4 unspecified atom stereocenters. The molecule has 5 heteroatoms. The van der Waals surface area contributed by atoms with Gasteiger partial charge in [0.1, 0.15) is 0 Å². The smallest absolute Gasteiger partial charge is 0.230 e. The van der Waals surface area contributed by atoms with E-state index in [0.717, 1.165) is 6.07 Å². The first-order valence-corrected chi connectivity index (χ1v) is 6.35. The van der Waals surface area contributed by atoms with Gasteiger partial charge < -0.3 is 15.2 Å². The van der Waals surface area contributed by atoms with Crippen LogP contribution in [0.5, 0.6) is 5.75 Å². The molecular weight excluding hydrogens is 249 g/mol. The van der Waals surface area contributed by atoms with Gasteiger partial charge in [-0.3, -0.25) is 4.79 Å². The molecule has 0 saturated carbocycles. The van der Waals surface area contributed by atoms with Crippen LogP contribution in [0, 0.1) is 17.7 Å². The van der Waals surface area contributed by atoms with Crippen LogP contribution in [0.15, 0.2) is 18.2 Å². The Labute approximate surface area is 111 Å². The topological polar surface area (TPSA) is 58.6 Å². The third-order valence-corrected chi connectivity index (χ3v) is 3.76. The van der Waals surface area contributed by atoms with E-state index in [1.54, 1.807) is 0 Å². The Morgan fingerprint density at radius 2 is 2.00 bits per heavy atom. The third-order valence-electron chi connectivity index (χ3n) is 3.76. The van der Waals surface area contributed by atoms with Gasteiger partial charge in [0, 0.05) is 11.8 Å². The van der Waals surface area contributed by atoms with Gasteiger partial charge >= 0.3 is 0 Å². The number of phenols is 1. The number of carbonyl (C=O) groups is 1. The molecule has 1 amide bonds. The van der Waals surface area contributed by atoms with Crippen molar-refractivity contribution in [2.24, 2.45) is 11.8 Å². The van der Waals surface area contributed by atoms with Crippen molar-refractivity contribution in [2.45, 2.75) is 33.0 Å². The maximum atomic E-state index is 13.2. The number of phenolic OH excluding ortho intramolecular Hbond substituents is 1. The van der Waals surface area contributed by atoms with Crippen LogP contribution in [0.4, 0.5) is 10.1 Å². The van der Waals surface area contributed by atoms with E-state index in [9.17, 15) is 9.18 Å². The van der Waals surface area contributed by atoms with Crippen LogP contribution in [-0.4, -0.2) is 23.2 Å². The summed E-state index contributed by atoms with van der Waals surface area (Å²) in [5, 5.41) is 11.8. The minimum atomic E-state index is -0.755. The SMILES string of the molecule is CC1OC(C)C(C(=O)Nc2ccc(O)c(F)c2)C1C. The van der Waals surface area contributed by atoms with Gasteiger partial charge in [0.15, 0.2) is 11.6 Å². The Morgan fingerprint density at radius 3 is 2.53 bits per heavy atom. The number of anilines is 1. The first kappa shape index (κ1) is 13.8. The van der Waals surface area contributed by atoms with Crippen LogP contribution in [0.3, 0.4) is 0 Å². The number of hydrogen-bond donors (Lipinski definition) is 2. The minimum absolute atomic E-state index is 0.0299. The summed E-state index contributed by atoms with van der Waals surface area (Å²) in [6.45, 7) is 5.77. The van der Waals surface area contributed by atoms with Crippen molar-refractivity contribution in [1.82, 2.24) is 0 Å². The lowest BCUT2D eigenvalue weighted by Gasteiger charge is -2.18. The van der Waals surface area contributed by atoms with Gasteiger partial charge in [-0.05, 0) is 31.9 Å². The predicted octanol–water partition coefficient (Wildman–Crippen LogP) is 2.53. The Kier molecular flexibility index (Phi) is 3.75. The number of carbonyl (C=O) groups excluding carboxylic acids is 1. The third kappa shape index (κ3) is 2.71. The summed E-state index contributed by atoms with van der Waals surface area (Å²) < 4.78 is 18.8. The summed E-state index contributed by atoms with van der Waals surface area (Å²) in [5.41, 5.74) is 0.333. The van der Waals surface area contributed by atoms with E-state index >= 15 is 0 Å². The number of hydrogen-bond acceptors (Lipinski definition) is 3. The Balaban J connectivity index is 2.10. The molecule has 0 aromatic heterocycles. The Bertz CT molecular complexity index is 492. The fourth-order valence-corrected chi connectivity index (χ4v) is 2.53. The standard InChI is InChI=1S/C14H18FNO3/c1-7-8(2)19-9(3)13(7)14(18)16-10-4-5-12(17)11(15)6-10/h4-9,13,17H,1-3H3,(H,16,18). The molecule has 1 aromatic carbocycles. The number of benzene rings is 1. The second kappa shape index (κ2) is 5.17. The van der Waals surface area contributed by atoms with Crippen molar-refractivity contribution in [2.75, 3.05) is 5.32 Å². The molecule has 104 valence electrons. The number of aromatic hydroxyl groups is 1. The van der Waals surface area contributed by atoms with Crippen LogP contribution in [-0.2, 0) is 9.53 Å². The summed E-state index contributed by atoms with van der Waals surface area (Å²) in [6.07, 6.45) is -0.130. The van der Waals surface area contributed by atoms with Gasteiger partial charge in [-0.2, -0.15) is 0 Å². The van der Waals surface area contributed by atoms with Crippen LogP contribution in [0.1, 0.15) is 20.8 Å². The average Bonchev–Trinajstić information content (AvgIpc) is 2.58. The Morgan fingerprint density at radius 1 is 1.32 bits per heavy atom. The van der Waals surface area contributed by atoms with Crippen molar-refractivity contribution in [3.05, 3.63) is 24.0 Å². The zero-order valence-electron chi connectivity index (χ0n) is 11.2. The molecule has 1 aromatic rings. The lowest BCUT2D eigenvalue weighted by molar-refractivity contribution is -0.121. The number of rotatable bonds is 2. The molecule has 19 heavy (non-hydrogen) atoms. The van der Waals surface area contributed by atoms with Gasteiger partial charge in [-0.1, -0.05) is 6.92 Å². The zero-order valence-corrected chi connectivity index (χ0v) is 11.2. The molecule has 1 heterocycles. The second-order valence-corrected chi connectivity index (χ2v) is 5.09. The highest BCUT2D eigenvalue weighted by molar-refractivity contribution is 5.93. The van der Waals surface area contributed by atoms with Gasteiger partial charge in [0.25, 0.3) is 0 Å². The van der Waals surface area contributed by atoms with Gasteiger partial charge in [0.05, 0.1) is 18.1 Å². The summed E-state index contributed by atoms with van der Waals surface area (Å²) in [7, 11) is 0.